The molecule has 1 saturated carbocycles. The molecule has 3 aliphatic rings. The number of rotatable bonds is 3. The first kappa shape index (κ1) is 17.2. The normalized spacial score (nSPS) is 26.7. The Morgan fingerprint density at radius 3 is 2.46 bits per heavy atom. The minimum atomic E-state index is -0.636. The second-order valence-corrected chi connectivity index (χ2v) is 6.85. The summed E-state index contributed by atoms with van der Waals surface area (Å²) in [6.07, 6.45) is 4.79. The Kier molecular flexibility index (Phi) is 5.05. The largest absolute Gasteiger partial charge is 0.369 e. The molecule has 0 aromatic heterocycles. The van der Waals surface area contributed by atoms with Crippen LogP contribution in [0.3, 0.4) is 0 Å². The average molecular weight is 339 g/mol. The van der Waals surface area contributed by atoms with Crippen LogP contribution >= 0.6 is 0 Å². The Morgan fingerprint density at radius 2 is 1.83 bits per heavy atom. The SMILES string of the molecule is NC(=O)C1CCN(C(=O)C(=O)NC[C@H]2COC3(CCCC3)O2)CC1. The topological polar surface area (TPSA) is 111 Å². The maximum Gasteiger partial charge on any atom is 0.311 e. The third-order valence-corrected chi connectivity index (χ3v) is 5.15. The van der Waals surface area contributed by atoms with Gasteiger partial charge in [-0.25, -0.2) is 0 Å². The summed E-state index contributed by atoms with van der Waals surface area (Å²) < 4.78 is 11.7. The Labute approximate surface area is 141 Å². The second-order valence-electron chi connectivity index (χ2n) is 6.85. The highest BCUT2D eigenvalue weighted by Crippen LogP contribution is 2.38. The van der Waals surface area contributed by atoms with Gasteiger partial charge >= 0.3 is 11.8 Å². The maximum absolute atomic E-state index is 12.2. The summed E-state index contributed by atoms with van der Waals surface area (Å²) in [6.45, 7) is 1.47. The summed E-state index contributed by atoms with van der Waals surface area (Å²) in [6, 6.07) is 0. The third-order valence-electron chi connectivity index (χ3n) is 5.15. The Morgan fingerprint density at radius 1 is 1.17 bits per heavy atom. The molecule has 3 amide bonds. The van der Waals surface area contributed by atoms with Crippen molar-refractivity contribution in [1.29, 1.82) is 0 Å². The Hall–Kier alpha value is -1.67. The Balaban J connectivity index is 1.41. The minimum absolute atomic E-state index is 0.205. The van der Waals surface area contributed by atoms with Crippen molar-refractivity contribution in [2.45, 2.75) is 50.4 Å². The Bertz CT molecular complexity index is 510. The number of hydrogen-bond acceptors (Lipinski definition) is 5. The number of likely N-dealkylation sites (tertiary alicyclic amines) is 1. The van der Waals surface area contributed by atoms with E-state index in [1.807, 2.05) is 0 Å². The number of nitrogens with two attached hydrogens (primary N) is 1. The van der Waals surface area contributed by atoms with Gasteiger partial charge < -0.3 is 25.4 Å². The van der Waals surface area contributed by atoms with Crippen LogP contribution < -0.4 is 11.1 Å². The lowest BCUT2D eigenvalue weighted by Gasteiger charge is -2.30. The number of nitrogens with zero attached hydrogens (tertiary/aromatic N) is 1. The molecule has 0 radical (unpaired) electrons. The zero-order chi connectivity index (χ0) is 17.2. The highest BCUT2D eigenvalue weighted by atomic mass is 16.7. The number of nitrogens with one attached hydrogen (secondary N) is 1. The molecule has 3 fully saturated rings. The van der Waals surface area contributed by atoms with Crippen molar-refractivity contribution in [3.63, 3.8) is 0 Å². The molecule has 24 heavy (non-hydrogen) atoms. The number of ether oxygens (including phenoxy) is 2. The van der Waals surface area contributed by atoms with Gasteiger partial charge in [0, 0.05) is 38.4 Å². The fourth-order valence-electron chi connectivity index (χ4n) is 3.69. The number of carbonyl (C=O) groups excluding carboxylic acids is 3. The molecular weight excluding hydrogens is 314 g/mol. The van der Waals surface area contributed by atoms with E-state index in [9.17, 15) is 14.4 Å². The van der Waals surface area contributed by atoms with Crippen LogP contribution in [0.4, 0.5) is 0 Å². The highest BCUT2D eigenvalue weighted by molar-refractivity contribution is 6.35. The molecule has 1 aliphatic carbocycles. The average Bonchev–Trinajstić information content (AvgIpc) is 3.22. The van der Waals surface area contributed by atoms with Gasteiger partial charge in [-0.3, -0.25) is 14.4 Å². The van der Waals surface area contributed by atoms with Gasteiger partial charge in [0.2, 0.25) is 5.91 Å². The van der Waals surface area contributed by atoms with E-state index < -0.39 is 17.6 Å². The van der Waals surface area contributed by atoms with Gasteiger partial charge in [-0.1, -0.05) is 0 Å². The molecule has 3 N–H and O–H groups in total. The van der Waals surface area contributed by atoms with E-state index in [0.717, 1.165) is 25.7 Å². The zero-order valence-electron chi connectivity index (χ0n) is 13.8. The quantitative estimate of drug-likeness (QED) is 0.674. The van der Waals surface area contributed by atoms with Gasteiger partial charge in [0.1, 0.15) is 6.10 Å². The highest BCUT2D eigenvalue weighted by Gasteiger charge is 2.43. The monoisotopic (exact) mass is 339 g/mol. The van der Waals surface area contributed by atoms with Crippen LogP contribution in [0.1, 0.15) is 38.5 Å². The molecule has 8 heteroatoms. The van der Waals surface area contributed by atoms with Crippen LogP contribution in [0.15, 0.2) is 0 Å². The number of piperidine rings is 1. The van der Waals surface area contributed by atoms with Gasteiger partial charge in [-0.2, -0.15) is 0 Å². The lowest BCUT2D eigenvalue weighted by atomic mass is 9.96. The molecule has 0 unspecified atom stereocenters. The summed E-state index contributed by atoms with van der Waals surface area (Å²) in [5, 5.41) is 2.64. The third kappa shape index (κ3) is 3.70. The summed E-state index contributed by atoms with van der Waals surface area (Å²) in [4.78, 5) is 36.8. The number of carbonyl (C=O) groups is 3. The van der Waals surface area contributed by atoms with Gasteiger partial charge in [0.25, 0.3) is 0 Å². The predicted octanol–water partition coefficient (Wildman–Crippen LogP) is -0.488. The standard InChI is InChI=1S/C16H25N3O5/c17-13(20)11-3-7-19(8-4-11)15(22)14(21)18-9-12-10-23-16(24-12)5-1-2-6-16/h11-12H,1-10H2,(H2,17,20)(H,18,21)/t12-/m0/s1. The van der Waals surface area contributed by atoms with E-state index in [0.29, 0.717) is 32.5 Å². The van der Waals surface area contributed by atoms with Crippen LogP contribution in [-0.4, -0.2) is 60.8 Å². The van der Waals surface area contributed by atoms with Crippen molar-refractivity contribution >= 4 is 17.7 Å². The first-order valence-electron chi connectivity index (χ1n) is 8.67. The molecule has 2 heterocycles. The molecule has 0 aromatic rings. The molecular formula is C16H25N3O5. The fraction of sp³-hybridized carbons (Fsp3) is 0.812. The van der Waals surface area contributed by atoms with Crippen LogP contribution in [0.25, 0.3) is 0 Å². The summed E-state index contributed by atoms with van der Waals surface area (Å²) in [5.41, 5.74) is 5.27. The van der Waals surface area contributed by atoms with Crippen molar-refractivity contribution in [2.24, 2.45) is 11.7 Å². The van der Waals surface area contributed by atoms with Crippen molar-refractivity contribution in [1.82, 2.24) is 10.2 Å². The molecule has 2 aliphatic heterocycles. The van der Waals surface area contributed by atoms with E-state index in [1.54, 1.807) is 0 Å². The van der Waals surface area contributed by atoms with Gasteiger partial charge in [-0.05, 0) is 25.7 Å². The van der Waals surface area contributed by atoms with Crippen molar-refractivity contribution in [3.05, 3.63) is 0 Å². The van der Waals surface area contributed by atoms with E-state index in [4.69, 9.17) is 15.2 Å². The van der Waals surface area contributed by atoms with Gasteiger partial charge in [0.15, 0.2) is 5.79 Å². The smallest absolute Gasteiger partial charge is 0.311 e. The molecule has 3 rings (SSSR count). The first-order valence-corrected chi connectivity index (χ1v) is 8.67. The maximum atomic E-state index is 12.2. The summed E-state index contributed by atoms with van der Waals surface area (Å²) >= 11 is 0. The lowest BCUT2D eigenvalue weighted by molar-refractivity contribution is -0.162. The van der Waals surface area contributed by atoms with E-state index >= 15 is 0 Å². The molecule has 2 saturated heterocycles. The predicted molar refractivity (Wildman–Crippen MR) is 83.5 cm³/mol. The molecule has 134 valence electrons. The molecule has 8 nitrogen and oxygen atoms in total. The molecule has 1 spiro atoms. The number of hydrogen-bond donors (Lipinski definition) is 2. The lowest BCUT2D eigenvalue weighted by Crippen LogP contribution is -2.49. The minimum Gasteiger partial charge on any atom is -0.369 e. The van der Waals surface area contributed by atoms with Crippen molar-refractivity contribution in [2.75, 3.05) is 26.2 Å². The van der Waals surface area contributed by atoms with Crippen molar-refractivity contribution in [3.8, 4) is 0 Å². The summed E-state index contributed by atoms with van der Waals surface area (Å²) in [5.74, 6) is -2.21. The van der Waals surface area contributed by atoms with E-state index in [-0.39, 0.29) is 24.5 Å². The fourth-order valence-corrected chi connectivity index (χ4v) is 3.69. The van der Waals surface area contributed by atoms with Crippen LogP contribution in [-0.2, 0) is 23.9 Å². The van der Waals surface area contributed by atoms with Gasteiger partial charge in [0.05, 0.1) is 6.61 Å². The first-order chi connectivity index (χ1) is 11.5. The van der Waals surface area contributed by atoms with E-state index in [2.05, 4.69) is 5.32 Å². The van der Waals surface area contributed by atoms with Crippen LogP contribution in [0.5, 0.6) is 0 Å². The summed E-state index contributed by atoms with van der Waals surface area (Å²) in [7, 11) is 0. The zero-order valence-corrected chi connectivity index (χ0v) is 13.8. The van der Waals surface area contributed by atoms with Crippen LogP contribution in [0.2, 0.25) is 0 Å². The second kappa shape index (κ2) is 7.06. The van der Waals surface area contributed by atoms with E-state index in [1.165, 1.54) is 4.90 Å². The molecule has 0 bridgehead atoms. The number of primary amides is 1. The van der Waals surface area contributed by atoms with Crippen LogP contribution in [0, 0.1) is 5.92 Å². The van der Waals surface area contributed by atoms with Gasteiger partial charge in [-0.15, -0.1) is 0 Å². The van der Waals surface area contributed by atoms with Crippen molar-refractivity contribution < 1.29 is 23.9 Å². The molecule has 0 aromatic carbocycles. The number of amides is 3. The molecule has 1 atom stereocenters.